The van der Waals surface area contributed by atoms with Gasteiger partial charge in [0.05, 0.1) is 19.7 Å². The summed E-state index contributed by atoms with van der Waals surface area (Å²) in [5.74, 6) is 1.95. The molecule has 2 aromatic rings. The molecule has 7 heteroatoms. The number of hydrogen-bond donors (Lipinski definition) is 3. The monoisotopic (exact) mass is 487 g/mol. The van der Waals surface area contributed by atoms with Crippen LogP contribution in [0.1, 0.15) is 36.5 Å². The van der Waals surface area contributed by atoms with Gasteiger partial charge in [-0.1, -0.05) is 24.3 Å². The molecule has 1 heterocycles. The van der Waals surface area contributed by atoms with Gasteiger partial charge in [0.2, 0.25) is 0 Å². The van der Waals surface area contributed by atoms with Gasteiger partial charge in [-0.15, -0.1) is 24.0 Å². The van der Waals surface area contributed by atoms with Crippen LogP contribution in [0.15, 0.2) is 45.8 Å². The fourth-order valence-corrected chi connectivity index (χ4v) is 2.56. The van der Waals surface area contributed by atoms with Gasteiger partial charge in [-0.25, -0.2) is 4.99 Å². The standard InChI is InChI=1S/C20H29N3O3.HI/c1-5-21-19(22-12-16-7-6-8-17(11-16)13-25-4)23-14-20(3,24)18-10-9-15(2)26-18;/h6-11,24H,5,12-14H2,1-4H3,(H2,21,22,23);1H. The van der Waals surface area contributed by atoms with Crippen molar-refractivity contribution in [2.45, 2.75) is 39.5 Å². The Labute approximate surface area is 178 Å². The Balaban J connectivity index is 0.00000364. The predicted molar refractivity (Wildman–Crippen MR) is 118 cm³/mol. The molecule has 0 fully saturated rings. The third-order valence-electron chi connectivity index (χ3n) is 3.94. The lowest BCUT2D eigenvalue weighted by Crippen LogP contribution is -2.44. The van der Waals surface area contributed by atoms with Crippen LogP contribution >= 0.6 is 24.0 Å². The number of rotatable bonds is 8. The molecule has 1 aromatic heterocycles. The number of aryl methyl sites for hydroxylation is 1. The van der Waals surface area contributed by atoms with Crippen molar-refractivity contribution in [3.05, 3.63) is 59.0 Å². The number of hydrogen-bond acceptors (Lipinski definition) is 4. The summed E-state index contributed by atoms with van der Waals surface area (Å²) in [4.78, 5) is 4.60. The molecule has 0 aliphatic carbocycles. The average Bonchev–Trinajstić information content (AvgIpc) is 3.05. The molecule has 0 radical (unpaired) electrons. The number of aliphatic hydroxyl groups is 1. The van der Waals surface area contributed by atoms with Crippen LogP contribution in [0.3, 0.4) is 0 Å². The van der Waals surface area contributed by atoms with Crippen LogP contribution in [-0.4, -0.2) is 31.3 Å². The Morgan fingerprint density at radius 1 is 1.22 bits per heavy atom. The van der Waals surface area contributed by atoms with Gasteiger partial charge in [0.1, 0.15) is 17.1 Å². The number of furan rings is 1. The highest BCUT2D eigenvalue weighted by Crippen LogP contribution is 2.21. The molecule has 1 atom stereocenters. The Hall–Kier alpha value is -1.58. The van der Waals surface area contributed by atoms with Gasteiger partial charge >= 0.3 is 0 Å². The molecule has 27 heavy (non-hydrogen) atoms. The molecule has 1 aromatic carbocycles. The molecule has 0 saturated carbocycles. The lowest BCUT2D eigenvalue weighted by molar-refractivity contribution is 0.0378. The highest BCUT2D eigenvalue weighted by molar-refractivity contribution is 14.0. The second-order valence-electron chi connectivity index (χ2n) is 6.49. The number of aliphatic imine (C=N–C) groups is 1. The zero-order chi connectivity index (χ0) is 19.0. The normalized spacial score (nSPS) is 13.6. The first-order valence-electron chi connectivity index (χ1n) is 8.83. The summed E-state index contributed by atoms with van der Waals surface area (Å²) in [6, 6.07) is 11.8. The molecule has 0 spiro atoms. The van der Waals surface area contributed by atoms with Crippen LogP contribution in [0.5, 0.6) is 0 Å². The van der Waals surface area contributed by atoms with Gasteiger partial charge in [0.15, 0.2) is 5.96 Å². The molecule has 0 saturated heterocycles. The fraction of sp³-hybridized carbons (Fsp3) is 0.450. The van der Waals surface area contributed by atoms with Crippen molar-refractivity contribution in [3.8, 4) is 0 Å². The minimum atomic E-state index is -1.12. The zero-order valence-corrected chi connectivity index (χ0v) is 18.7. The zero-order valence-electron chi connectivity index (χ0n) is 16.4. The first kappa shape index (κ1) is 23.5. The summed E-state index contributed by atoms with van der Waals surface area (Å²) in [5, 5.41) is 17.0. The van der Waals surface area contributed by atoms with E-state index in [9.17, 15) is 5.11 Å². The van der Waals surface area contributed by atoms with E-state index in [0.717, 1.165) is 23.4 Å². The van der Waals surface area contributed by atoms with E-state index in [0.29, 0.717) is 24.9 Å². The second-order valence-corrected chi connectivity index (χ2v) is 6.49. The predicted octanol–water partition coefficient (Wildman–Crippen LogP) is 3.32. The molecular formula is C20H30IN3O3. The van der Waals surface area contributed by atoms with Crippen LogP contribution in [0, 0.1) is 6.92 Å². The summed E-state index contributed by atoms with van der Waals surface area (Å²) >= 11 is 0. The SMILES string of the molecule is CCNC(=NCc1cccc(COC)c1)NCC(C)(O)c1ccc(C)o1.I. The highest BCUT2D eigenvalue weighted by Gasteiger charge is 2.27. The second kappa shape index (κ2) is 11.3. The van der Waals surface area contributed by atoms with E-state index in [-0.39, 0.29) is 30.5 Å². The van der Waals surface area contributed by atoms with E-state index in [2.05, 4.69) is 21.7 Å². The molecule has 2 rings (SSSR count). The van der Waals surface area contributed by atoms with Gasteiger partial charge in [-0.05, 0) is 44.0 Å². The lowest BCUT2D eigenvalue weighted by Gasteiger charge is -2.22. The van der Waals surface area contributed by atoms with Crippen LogP contribution in [-0.2, 0) is 23.5 Å². The summed E-state index contributed by atoms with van der Waals surface area (Å²) in [6.45, 7) is 7.72. The van der Waals surface area contributed by atoms with Crippen molar-refractivity contribution in [2.75, 3.05) is 20.2 Å². The van der Waals surface area contributed by atoms with Crippen molar-refractivity contribution >= 4 is 29.9 Å². The van der Waals surface area contributed by atoms with Crippen molar-refractivity contribution in [2.24, 2.45) is 4.99 Å². The highest BCUT2D eigenvalue weighted by atomic mass is 127. The number of guanidine groups is 1. The van der Waals surface area contributed by atoms with Crippen LogP contribution in [0.25, 0.3) is 0 Å². The third-order valence-corrected chi connectivity index (χ3v) is 3.94. The van der Waals surface area contributed by atoms with Crippen LogP contribution in [0.2, 0.25) is 0 Å². The Morgan fingerprint density at radius 2 is 1.96 bits per heavy atom. The number of methoxy groups -OCH3 is 1. The van der Waals surface area contributed by atoms with Crippen molar-refractivity contribution < 1.29 is 14.3 Å². The Morgan fingerprint density at radius 3 is 2.59 bits per heavy atom. The first-order chi connectivity index (χ1) is 12.4. The third kappa shape index (κ3) is 7.51. The van der Waals surface area contributed by atoms with Crippen molar-refractivity contribution in [1.29, 1.82) is 0 Å². The van der Waals surface area contributed by atoms with E-state index in [1.54, 1.807) is 20.1 Å². The van der Waals surface area contributed by atoms with Gasteiger partial charge in [0.25, 0.3) is 0 Å². The van der Waals surface area contributed by atoms with Gasteiger partial charge < -0.3 is 24.9 Å². The van der Waals surface area contributed by atoms with E-state index in [4.69, 9.17) is 9.15 Å². The molecule has 1 unspecified atom stereocenters. The summed E-state index contributed by atoms with van der Waals surface area (Å²) in [5.41, 5.74) is 1.10. The fourth-order valence-electron chi connectivity index (χ4n) is 2.56. The van der Waals surface area contributed by atoms with E-state index in [1.807, 2.05) is 38.1 Å². The lowest BCUT2D eigenvalue weighted by atomic mass is 10.0. The molecule has 0 aliphatic rings. The smallest absolute Gasteiger partial charge is 0.191 e. The largest absolute Gasteiger partial charge is 0.463 e. The van der Waals surface area contributed by atoms with E-state index >= 15 is 0 Å². The molecule has 0 amide bonds. The molecular weight excluding hydrogens is 457 g/mol. The maximum absolute atomic E-state index is 10.6. The van der Waals surface area contributed by atoms with Gasteiger partial charge in [-0.2, -0.15) is 0 Å². The maximum Gasteiger partial charge on any atom is 0.191 e. The summed E-state index contributed by atoms with van der Waals surface area (Å²) in [7, 11) is 1.68. The van der Waals surface area contributed by atoms with Crippen LogP contribution in [0.4, 0.5) is 0 Å². The van der Waals surface area contributed by atoms with Crippen molar-refractivity contribution in [3.63, 3.8) is 0 Å². The number of halogens is 1. The minimum Gasteiger partial charge on any atom is -0.463 e. The first-order valence-corrected chi connectivity index (χ1v) is 8.83. The molecule has 0 aliphatic heterocycles. The molecule has 6 nitrogen and oxygen atoms in total. The summed E-state index contributed by atoms with van der Waals surface area (Å²) < 4.78 is 10.7. The number of nitrogens with one attached hydrogen (secondary N) is 2. The Bertz CT molecular complexity index is 729. The quantitative estimate of drug-likeness (QED) is 0.303. The number of benzene rings is 1. The molecule has 0 bridgehead atoms. The van der Waals surface area contributed by atoms with E-state index in [1.165, 1.54) is 0 Å². The van der Waals surface area contributed by atoms with Gasteiger partial charge in [0, 0.05) is 13.7 Å². The van der Waals surface area contributed by atoms with Gasteiger partial charge in [-0.3, -0.25) is 0 Å². The average molecular weight is 487 g/mol. The van der Waals surface area contributed by atoms with Crippen LogP contribution < -0.4 is 10.6 Å². The van der Waals surface area contributed by atoms with Crippen molar-refractivity contribution in [1.82, 2.24) is 10.6 Å². The number of nitrogens with zero attached hydrogens (tertiary/aromatic N) is 1. The van der Waals surface area contributed by atoms with E-state index < -0.39 is 5.60 Å². The minimum absolute atomic E-state index is 0. The Kier molecular flexibility index (Phi) is 9.82. The number of ether oxygens (including phenoxy) is 1. The maximum atomic E-state index is 10.6. The molecule has 3 N–H and O–H groups in total. The molecule has 150 valence electrons. The topological polar surface area (TPSA) is 79.0 Å². The summed E-state index contributed by atoms with van der Waals surface area (Å²) in [6.07, 6.45) is 0.